The zero-order valence-corrected chi connectivity index (χ0v) is 12.6. The molecule has 3 N–H and O–H groups in total. The number of nitrogens with zero attached hydrogens (tertiary/aromatic N) is 2. The topological polar surface area (TPSA) is 88.3 Å². The molecule has 0 aliphatic carbocycles. The van der Waals surface area contributed by atoms with Crippen molar-refractivity contribution < 1.29 is 8.42 Å². The zero-order valence-electron chi connectivity index (χ0n) is 11.0. The summed E-state index contributed by atoms with van der Waals surface area (Å²) in [7, 11) is -3.41. The van der Waals surface area contributed by atoms with Gasteiger partial charge in [-0.2, -0.15) is 17.4 Å². The Morgan fingerprint density at radius 3 is 3.05 bits per heavy atom. The van der Waals surface area contributed by atoms with Gasteiger partial charge in [0.15, 0.2) is 0 Å². The molecule has 1 atom stereocenters. The predicted molar refractivity (Wildman–Crippen MR) is 76.0 cm³/mol. The highest BCUT2D eigenvalue weighted by Crippen LogP contribution is 2.18. The maximum atomic E-state index is 12.2. The van der Waals surface area contributed by atoms with Crippen LogP contribution in [0.3, 0.4) is 0 Å². The highest BCUT2D eigenvalue weighted by atomic mass is 32.2. The van der Waals surface area contributed by atoms with Gasteiger partial charge in [0.25, 0.3) is 10.2 Å². The molecule has 0 aromatic carbocycles. The number of thiazole rings is 1. The molecule has 1 aliphatic rings. The second-order valence-electron chi connectivity index (χ2n) is 4.79. The summed E-state index contributed by atoms with van der Waals surface area (Å²) >= 11 is 1.47. The van der Waals surface area contributed by atoms with Crippen molar-refractivity contribution in [1.29, 1.82) is 0 Å². The summed E-state index contributed by atoms with van der Waals surface area (Å²) in [4.78, 5) is 5.06. The highest BCUT2D eigenvalue weighted by molar-refractivity contribution is 7.87. The second kappa shape index (κ2) is 6.27. The first-order valence-electron chi connectivity index (χ1n) is 6.36. The number of rotatable bonds is 5. The van der Waals surface area contributed by atoms with Gasteiger partial charge >= 0.3 is 0 Å². The van der Waals surface area contributed by atoms with E-state index in [0.717, 1.165) is 23.4 Å². The number of nitrogens with one attached hydrogen (secondary N) is 1. The second-order valence-corrected chi connectivity index (χ2v) is 7.48. The van der Waals surface area contributed by atoms with E-state index in [1.807, 2.05) is 6.92 Å². The van der Waals surface area contributed by atoms with Crippen LogP contribution in [0.4, 0.5) is 0 Å². The molecule has 1 aromatic heterocycles. The summed E-state index contributed by atoms with van der Waals surface area (Å²) in [5.74, 6) is 0.274. The molecule has 1 fully saturated rings. The van der Waals surface area contributed by atoms with Gasteiger partial charge < -0.3 is 5.73 Å². The van der Waals surface area contributed by atoms with E-state index in [2.05, 4.69) is 9.71 Å². The molecular formula is C11H20N4O2S2. The van der Waals surface area contributed by atoms with E-state index in [0.29, 0.717) is 26.2 Å². The summed E-state index contributed by atoms with van der Waals surface area (Å²) in [6.45, 7) is 3.83. The van der Waals surface area contributed by atoms with Gasteiger partial charge in [-0.25, -0.2) is 4.98 Å². The van der Waals surface area contributed by atoms with Crippen LogP contribution in [0.15, 0.2) is 5.51 Å². The lowest BCUT2D eigenvalue weighted by Gasteiger charge is -2.31. The summed E-state index contributed by atoms with van der Waals surface area (Å²) < 4.78 is 28.6. The van der Waals surface area contributed by atoms with Gasteiger partial charge in [-0.3, -0.25) is 0 Å². The molecule has 2 heterocycles. The Bertz CT molecular complexity index is 515. The quantitative estimate of drug-likeness (QED) is 0.827. The Kier molecular flexibility index (Phi) is 4.91. The van der Waals surface area contributed by atoms with E-state index < -0.39 is 10.2 Å². The fourth-order valence-electron chi connectivity index (χ4n) is 2.18. The summed E-state index contributed by atoms with van der Waals surface area (Å²) in [6, 6.07) is 0. The summed E-state index contributed by atoms with van der Waals surface area (Å²) in [6.07, 6.45) is 1.89. The normalized spacial score (nSPS) is 21.7. The van der Waals surface area contributed by atoms with E-state index in [1.54, 1.807) is 5.51 Å². The minimum absolute atomic E-state index is 0.274. The Balaban J connectivity index is 1.96. The SMILES string of the molecule is Cc1ncsc1CNS(=O)(=O)N1CCCC(CN)C1. The van der Waals surface area contributed by atoms with Crippen molar-refractivity contribution in [3.63, 3.8) is 0 Å². The summed E-state index contributed by atoms with van der Waals surface area (Å²) in [5, 5.41) is 0. The fourth-order valence-corrected chi connectivity index (χ4v) is 4.28. The maximum absolute atomic E-state index is 12.2. The molecule has 1 aromatic rings. The van der Waals surface area contributed by atoms with Gasteiger partial charge in [0.1, 0.15) is 0 Å². The maximum Gasteiger partial charge on any atom is 0.279 e. The third-order valence-corrected chi connectivity index (χ3v) is 5.87. The van der Waals surface area contributed by atoms with E-state index in [4.69, 9.17) is 5.73 Å². The Hall–Kier alpha value is -0.540. The minimum Gasteiger partial charge on any atom is -0.330 e. The van der Waals surface area contributed by atoms with Crippen molar-refractivity contribution in [3.8, 4) is 0 Å². The first kappa shape index (κ1) is 14.9. The first-order chi connectivity index (χ1) is 9.03. The molecular weight excluding hydrogens is 284 g/mol. The van der Waals surface area contributed by atoms with E-state index >= 15 is 0 Å². The number of piperidine rings is 1. The molecule has 1 saturated heterocycles. The lowest BCUT2D eigenvalue weighted by Crippen LogP contribution is -2.47. The van der Waals surface area contributed by atoms with Crippen LogP contribution < -0.4 is 10.5 Å². The van der Waals surface area contributed by atoms with Gasteiger partial charge in [0, 0.05) is 24.5 Å². The Morgan fingerprint density at radius 2 is 2.42 bits per heavy atom. The molecule has 1 aliphatic heterocycles. The third-order valence-electron chi connectivity index (χ3n) is 3.41. The van der Waals surface area contributed by atoms with Crippen molar-refractivity contribution in [2.75, 3.05) is 19.6 Å². The zero-order chi connectivity index (χ0) is 13.9. The number of aromatic nitrogens is 1. The van der Waals surface area contributed by atoms with Crippen molar-refractivity contribution in [3.05, 3.63) is 16.1 Å². The molecule has 0 saturated carbocycles. The number of hydrogen-bond acceptors (Lipinski definition) is 5. The number of nitrogens with two attached hydrogens (primary N) is 1. The van der Waals surface area contributed by atoms with Crippen LogP contribution in [0.1, 0.15) is 23.4 Å². The van der Waals surface area contributed by atoms with E-state index in [9.17, 15) is 8.42 Å². The van der Waals surface area contributed by atoms with Crippen molar-refractivity contribution in [1.82, 2.24) is 14.0 Å². The Morgan fingerprint density at radius 1 is 1.63 bits per heavy atom. The van der Waals surface area contributed by atoms with Gasteiger partial charge in [-0.1, -0.05) is 0 Å². The van der Waals surface area contributed by atoms with Gasteiger partial charge in [-0.05, 0) is 32.2 Å². The predicted octanol–water partition coefficient (Wildman–Crippen LogP) is 0.457. The molecule has 0 radical (unpaired) electrons. The van der Waals surface area contributed by atoms with Crippen molar-refractivity contribution >= 4 is 21.5 Å². The number of aryl methyl sites for hydroxylation is 1. The highest BCUT2D eigenvalue weighted by Gasteiger charge is 2.28. The minimum atomic E-state index is -3.41. The molecule has 1 unspecified atom stereocenters. The van der Waals surface area contributed by atoms with Gasteiger partial charge in [-0.15, -0.1) is 11.3 Å². The average molecular weight is 304 g/mol. The molecule has 108 valence electrons. The fraction of sp³-hybridized carbons (Fsp3) is 0.727. The van der Waals surface area contributed by atoms with Crippen LogP contribution >= 0.6 is 11.3 Å². The van der Waals surface area contributed by atoms with Crippen LogP contribution in [0, 0.1) is 12.8 Å². The van der Waals surface area contributed by atoms with Crippen molar-refractivity contribution in [2.24, 2.45) is 11.7 Å². The smallest absolute Gasteiger partial charge is 0.279 e. The molecule has 6 nitrogen and oxygen atoms in total. The lowest BCUT2D eigenvalue weighted by atomic mass is 10.0. The molecule has 8 heteroatoms. The largest absolute Gasteiger partial charge is 0.330 e. The van der Waals surface area contributed by atoms with Crippen LogP contribution in [-0.4, -0.2) is 37.3 Å². The Labute approximate surface area is 118 Å². The molecule has 2 rings (SSSR count). The number of hydrogen-bond donors (Lipinski definition) is 2. The van der Waals surface area contributed by atoms with Crippen LogP contribution in [0.2, 0.25) is 0 Å². The molecule has 0 spiro atoms. The molecule has 0 bridgehead atoms. The lowest BCUT2D eigenvalue weighted by molar-refractivity contribution is 0.268. The van der Waals surface area contributed by atoms with Gasteiger partial charge in [0.2, 0.25) is 0 Å². The average Bonchev–Trinajstić information content (AvgIpc) is 2.82. The monoisotopic (exact) mass is 304 g/mol. The van der Waals surface area contributed by atoms with Crippen LogP contribution in [-0.2, 0) is 16.8 Å². The standard InChI is InChI=1S/C11H20N4O2S2/c1-9-11(18-8-13-9)6-14-19(16,17)15-4-2-3-10(5-12)7-15/h8,10,14H,2-7,12H2,1H3. The van der Waals surface area contributed by atoms with E-state index in [-0.39, 0.29) is 5.92 Å². The summed E-state index contributed by atoms with van der Waals surface area (Å²) in [5.41, 5.74) is 8.24. The van der Waals surface area contributed by atoms with Gasteiger partial charge in [0.05, 0.1) is 11.2 Å². The molecule has 0 amide bonds. The molecule has 19 heavy (non-hydrogen) atoms. The van der Waals surface area contributed by atoms with Crippen LogP contribution in [0.25, 0.3) is 0 Å². The first-order valence-corrected chi connectivity index (χ1v) is 8.68. The third kappa shape index (κ3) is 3.73. The van der Waals surface area contributed by atoms with E-state index in [1.165, 1.54) is 15.6 Å². The van der Waals surface area contributed by atoms with Crippen LogP contribution in [0.5, 0.6) is 0 Å². The van der Waals surface area contributed by atoms with Crippen molar-refractivity contribution in [2.45, 2.75) is 26.3 Å².